The Morgan fingerprint density at radius 3 is 2.74 bits per heavy atom. The van der Waals surface area contributed by atoms with Crippen molar-refractivity contribution >= 4 is 33.8 Å². The van der Waals surface area contributed by atoms with E-state index in [0.29, 0.717) is 29.8 Å². The first kappa shape index (κ1) is 20.9. The van der Waals surface area contributed by atoms with Gasteiger partial charge >= 0.3 is 0 Å². The highest BCUT2D eigenvalue weighted by Gasteiger charge is 2.35. The summed E-state index contributed by atoms with van der Waals surface area (Å²) in [5.74, 6) is 1.37. The second kappa shape index (κ2) is 9.18. The molecule has 4 rings (SSSR count). The van der Waals surface area contributed by atoms with Crippen LogP contribution in [0.1, 0.15) is 34.1 Å². The first-order valence-electron chi connectivity index (χ1n) is 9.54. The summed E-state index contributed by atoms with van der Waals surface area (Å²) < 4.78 is 17.1. The minimum atomic E-state index is -0.376. The molecule has 0 fully saturated rings. The van der Waals surface area contributed by atoms with Crippen molar-refractivity contribution in [2.75, 3.05) is 13.7 Å². The molecule has 8 heteroatoms. The molecule has 0 radical (unpaired) electrons. The molecule has 0 aliphatic carbocycles. The van der Waals surface area contributed by atoms with E-state index in [2.05, 4.69) is 21.0 Å². The summed E-state index contributed by atoms with van der Waals surface area (Å²) in [6, 6.07) is 15.7. The number of hydrogen-bond donors (Lipinski definition) is 0. The first-order valence-corrected chi connectivity index (χ1v) is 10.3. The van der Waals surface area contributed by atoms with E-state index in [1.54, 1.807) is 37.6 Å². The third kappa shape index (κ3) is 4.54. The maximum atomic E-state index is 13.0. The Morgan fingerprint density at radius 1 is 1.26 bits per heavy atom. The number of rotatable bonds is 7. The van der Waals surface area contributed by atoms with E-state index < -0.39 is 0 Å². The van der Waals surface area contributed by atoms with Gasteiger partial charge in [-0.05, 0) is 60.2 Å². The van der Waals surface area contributed by atoms with Crippen LogP contribution in [0.5, 0.6) is 11.5 Å². The SMILES string of the molecule is COc1ccc(C2=NN(C(=O)COc3ccc(Br)cc3C=O)C(c3ccco3)C2)cc1. The molecular weight excluding hydrogens is 464 g/mol. The summed E-state index contributed by atoms with van der Waals surface area (Å²) in [6.07, 6.45) is 2.76. The molecule has 158 valence electrons. The van der Waals surface area contributed by atoms with Gasteiger partial charge in [0.15, 0.2) is 12.9 Å². The number of carbonyl (C=O) groups is 2. The average Bonchev–Trinajstić information content (AvgIpc) is 3.48. The Labute approximate surface area is 187 Å². The predicted molar refractivity (Wildman–Crippen MR) is 117 cm³/mol. The maximum absolute atomic E-state index is 13.0. The lowest BCUT2D eigenvalue weighted by atomic mass is 10.0. The molecule has 0 N–H and O–H groups in total. The number of hydrazone groups is 1. The zero-order valence-corrected chi connectivity index (χ0v) is 18.2. The van der Waals surface area contributed by atoms with Crippen molar-refractivity contribution in [3.63, 3.8) is 0 Å². The molecule has 1 aliphatic rings. The summed E-state index contributed by atoms with van der Waals surface area (Å²) in [7, 11) is 1.61. The number of benzene rings is 2. The Bertz CT molecular complexity index is 1110. The Balaban J connectivity index is 1.55. The highest BCUT2D eigenvalue weighted by molar-refractivity contribution is 9.10. The summed E-state index contributed by atoms with van der Waals surface area (Å²) >= 11 is 3.31. The zero-order valence-electron chi connectivity index (χ0n) is 16.7. The normalized spacial score (nSPS) is 15.5. The van der Waals surface area contributed by atoms with Gasteiger partial charge in [-0.25, -0.2) is 5.01 Å². The fourth-order valence-corrected chi connectivity index (χ4v) is 3.73. The van der Waals surface area contributed by atoms with Gasteiger partial charge in [0.25, 0.3) is 5.91 Å². The van der Waals surface area contributed by atoms with E-state index in [0.717, 1.165) is 21.5 Å². The first-order chi connectivity index (χ1) is 15.1. The zero-order chi connectivity index (χ0) is 21.8. The average molecular weight is 483 g/mol. The number of aldehydes is 1. The number of carbonyl (C=O) groups excluding carboxylic acids is 2. The molecule has 3 aromatic rings. The van der Waals surface area contributed by atoms with Crippen molar-refractivity contribution in [2.45, 2.75) is 12.5 Å². The van der Waals surface area contributed by atoms with Gasteiger partial charge < -0.3 is 13.9 Å². The fraction of sp³-hybridized carbons (Fsp3) is 0.174. The molecule has 7 nitrogen and oxygen atoms in total. The largest absolute Gasteiger partial charge is 0.497 e. The lowest BCUT2D eigenvalue weighted by Gasteiger charge is -2.20. The summed E-state index contributed by atoms with van der Waals surface area (Å²) in [5.41, 5.74) is 2.01. The Morgan fingerprint density at radius 2 is 2.06 bits per heavy atom. The topological polar surface area (TPSA) is 81.3 Å². The van der Waals surface area contributed by atoms with E-state index in [-0.39, 0.29) is 18.6 Å². The van der Waals surface area contributed by atoms with Crippen molar-refractivity contribution < 1.29 is 23.5 Å². The van der Waals surface area contributed by atoms with Crippen LogP contribution in [0.4, 0.5) is 0 Å². The van der Waals surface area contributed by atoms with Crippen LogP contribution in [0.2, 0.25) is 0 Å². The van der Waals surface area contributed by atoms with Crippen molar-refractivity contribution in [3.8, 4) is 11.5 Å². The van der Waals surface area contributed by atoms with E-state index >= 15 is 0 Å². The number of hydrogen-bond acceptors (Lipinski definition) is 6. The number of ether oxygens (including phenoxy) is 2. The van der Waals surface area contributed by atoms with E-state index in [4.69, 9.17) is 13.9 Å². The molecule has 0 spiro atoms. The van der Waals surface area contributed by atoms with Crippen molar-refractivity contribution in [1.29, 1.82) is 0 Å². The molecule has 1 aliphatic heterocycles. The number of furan rings is 1. The molecule has 1 amide bonds. The fourth-order valence-electron chi connectivity index (χ4n) is 3.35. The predicted octanol–water partition coefficient (Wildman–Crippen LogP) is 4.62. The minimum absolute atomic E-state index is 0.265. The van der Waals surface area contributed by atoms with Gasteiger partial charge in [-0.15, -0.1) is 0 Å². The third-order valence-electron chi connectivity index (χ3n) is 4.91. The van der Waals surface area contributed by atoms with Crippen LogP contribution >= 0.6 is 15.9 Å². The quantitative estimate of drug-likeness (QED) is 0.459. The summed E-state index contributed by atoms with van der Waals surface area (Å²) in [6.45, 7) is -0.265. The van der Waals surface area contributed by atoms with Crippen molar-refractivity contribution in [2.24, 2.45) is 5.10 Å². The number of halogens is 1. The van der Waals surface area contributed by atoms with Gasteiger partial charge in [-0.2, -0.15) is 5.10 Å². The van der Waals surface area contributed by atoms with E-state index in [1.807, 2.05) is 30.3 Å². The molecule has 1 atom stereocenters. The third-order valence-corrected chi connectivity index (χ3v) is 5.40. The monoisotopic (exact) mass is 482 g/mol. The molecule has 2 aromatic carbocycles. The standard InChI is InChI=1S/C23H19BrN2O5/c1-29-18-7-4-15(5-8-18)19-12-20(22-3-2-10-30-22)26(25-19)23(28)14-31-21-9-6-17(24)11-16(21)13-27/h2-11,13,20H,12,14H2,1H3. The van der Waals surface area contributed by atoms with Crippen LogP contribution in [0.15, 0.2) is 74.9 Å². The van der Waals surface area contributed by atoms with Gasteiger partial charge in [-0.1, -0.05) is 15.9 Å². The van der Waals surface area contributed by atoms with Crippen LogP contribution in [0, 0.1) is 0 Å². The molecule has 0 saturated heterocycles. The Kier molecular flexibility index (Phi) is 6.18. The van der Waals surface area contributed by atoms with Gasteiger partial charge in [0.2, 0.25) is 0 Å². The van der Waals surface area contributed by atoms with E-state index in [1.165, 1.54) is 5.01 Å². The lowest BCUT2D eigenvalue weighted by Crippen LogP contribution is -2.31. The lowest BCUT2D eigenvalue weighted by molar-refractivity contribution is -0.135. The highest BCUT2D eigenvalue weighted by Crippen LogP contribution is 2.33. The van der Waals surface area contributed by atoms with Gasteiger partial charge in [0.05, 0.1) is 24.6 Å². The van der Waals surface area contributed by atoms with Crippen LogP contribution in [-0.2, 0) is 4.79 Å². The van der Waals surface area contributed by atoms with Crippen molar-refractivity contribution in [1.82, 2.24) is 5.01 Å². The van der Waals surface area contributed by atoms with Gasteiger partial charge in [0.1, 0.15) is 23.3 Å². The number of nitrogens with zero attached hydrogens (tertiary/aromatic N) is 2. The van der Waals surface area contributed by atoms with Crippen LogP contribution in [0.3, 0.4) is 0 Å². The van der Waals surface area contributed by atoms with Gasteiger partial charge in [-0.3, -0.25) is 9.59 Å². The molecule has 31 heavy (non-hydrogen) atoms. The highest BCUT2D eigenvalue weighted by atomic mass is 79.9. The summed E-state index contributed by atoms with van der Waals surface area (Å²) in [5, 5.41) is 5.95. The van der Waals surface area contributed by atoms with E-state index in [9.17, 15) is 9.59 Å². The second-order valence-corrected chi connectivity index (χ2v) is 7.75. The Hall–Kier alpha value is -3.39. The van der Waals surface area contributed by atoms with Crippen molar-refractivity contribution in [3.05, 3.63) is 82.2 Å². The van der Waals surface area contributed by atoms with Crippen LogP contribution in [-0.4, -0.2) is 36.6 Å². The molecular formula is C23H19BrN2O5. The number of methoxy groups -OCH3 is 1. The van der Waals surface area contributed by atoms with Crippen LogP contribution < -0.4 is 9.47 Å². The smallest absolute Gasteiger partial charge is 0.281 e. The second-order valence-electron chi connectivity index (χ2n) is 6.84. The molecule has 1 aromatic heterocycles. The molecule has 1 unspecified atom stereocenters. The molecule has 0 saturated carbocycles. The maximum Gasteiger partial charge on any atom is 0.281 e. The van der Waals surface area contributed by atoms with Gasteiger partial charge in [0, 0.05) is 10.9 Å². The van der Waals surface area contributed by atoms with Crippen LogP contribution in [0.25, 0.3) is 0 Å². The number of amides is 1. The minimum Gasteiger partial charge on any atom is -0.497 e. The summed E-state index contributed by atoms with van der Waals surface area (Å²) in [4.78, 5) is 24.3. The molecule has 2 heterocycles. The molecule has 0 bridgehead atoms.